The van der Waals surface area contributed by atoms with Crippen molar-refractivity contribution in [1.29, 1.82) is 0 Å². The minimum atomic E-state index is -0.816. The number of carbonyl (C=O) groups is 1. The van der Waals surface area contributed by atoms with E-state index in [2.05, 4.69) is 45.4 Å². The number of rotatable bonds is 5. The molecule has 2 aromatic rings. The summed E-state index contributed by atoms with van der Waals surface area (Å²) in [6, 6.07) is 6.05. The fraction of sp³-hybridized carbons (Fsp3) is 0.467. The second-order valence-corrected chi connectivity index (χ2v) is 7.83. The molecular weight excluding hydrogens is 352 g/mol. The minimum absolute atomic E-state index is 0.0330. The van der Waals surface area contributed by atoms with Crippen molar-refractivity contribution in [2.45, 2.75) is 37.4 Å². The SMILES string of the molecule is CC(C)(C1CC1)n1c(SCC(=O)O)nc2cc(Br)ccc21. The van der Waals surface area contributed by atoms with E-state index >= 15 is 0 Å². The summed E-state index contributed by atoms with van der Waals surface area (Å²) in [5.41, 5.74) is 1.94. The third-order valence-electron chi connectivity index (χ3n) is 4.06. The molecule has 0 spiro atoms. The monoisotopic (exact) mass is 368 g/mol. The zero-order chi connectivity index (χ0) is 15.2. The number of fused-ring (bicyclic) bond motifs is 1. The Morgan fingerprint density at radius 1 is 1.52 bits per heavy atom. The van der Waals surface area contributed by atoms with Gasteiger partial charge in [-0.05, 0) is 50.8 Å². The zero-order valence-corrected chi connectivity index (χ0v) is 14.4. The Bertz CT molecular complexity index is 707. The van der Waals surface area contributed by atoms with Gasteiger partial charge in [-0.25, -0.2) is 4.98 Å². The fourth-order valence-electron chi connectivity index (χ4n) is 2.78. The van der Waals surface area contributed by atoms with E-state index in [0.29, 0.717) is 5.92 Å². The quantitative estimate of drug-likeness (QED) is 0.806. The van der Waals surface area contributed by atoms with Crippen molar-refractivity contribution < 1.29 is 9.90 Å². The highest BCUT2D eigenvalue weighted by Crippen LogP contribution is 2.46. The predicted octanol–water partition coefficient (Wildman–Crippen LogP) is 4.12. The van der Waals surface area contributed by atoms with E-state index in [1.165, 1.54) is 24.6 Å². The molecule has 1 aliphatic carbocycles. The molecular formula is C15H17BrN2O2S. The van der Waals surface area contributed by atoms with E-state index in [9.17, 15) is 4.79 Å². The van der Waals surface area contributed by atoms with E-state index in [4.69, 9.17) is 5.11 Å². The third-order valence-corrected chi connectivity index (χ3v) is 5.48. The maximum Gasteiger partial charge on any atom is 0.313 e. The number of imidazole rings is 1. The maximum absolute atomic E-state index is 10.9. The average Bonchev–Trinajstić information content (AvgIpc) is 3.18. The molecule has 0 saturated heterocycles. The Kier molecular flexibility index (Phi) is 3.78. The molecule has 1 N–H and O–H groups in total. The van der Waals surface area contributed by atoms with E-state index in [1.807, 2.05) is 12.1 Å². The first-order valence-electron chi connectivity index (χ1n) is 6.92. The number of hydrogen-bond acceptors (Lipinski definition) is 3. The summed E-state index contributed by atoms with van der Waals surface area (Å²) in [6.07, 6.45) is 2.46. The van der Waals surface area contributed by atoms with Gasteiger partial charge in [-0.15, -0.1) is 0 Å². The molecule has 4 nitrogen and oxygen atoms in total. The van der Waals surface area contributed by atoms with Crippen LogP contribution in [0.3, 0.4) is 0 Å². The van der Waals surface area contributed by atoms with Crippen LogP contribution in [-0.2, 0) is 10.3 Å². The van der Waals surface area contributed by atoms with Gasteiger partial charge in [-0.1, -0.05) is 27.7 Å². The van der Waals surface area contributed by atoms with Gasteiger partial charge in [0.05, 0.1) is 16.8 Å². The van der Waals surface area contributed by atoms with Gasteiger partial charge in [0.25, 0.3) is 0 Å². The summed E-state index contributed by atoms with van der Waals surface area (Å²) in [5, 5.41) is 9.74. The summed E-state index contributed by atoms with van der Waals surface area (Å²) in [4.78, 5) is 15.5. The number of hydrogen-bond donors (Lipinski definition) is 1. The van der Waals surface area contributed by atoms with Gasteiger partial charge < -0.3 is 9.67 Å². The normalized spacial score (nSPS) is 15.6. The standard InChI is InChI=1S/C15H17BrN2O2S/c1-15(2,9-3-4-9)18-12-6-5-10(16)7-11(12)17-14(18)21-8-13(19)20/h5-7,9H,3-4,8H2,1-2H3,(H,19,20). The second-order valence-electron chi connectivity index (χ2n) is 5.97. The molecule has 1 fully saturated rings. The molecule has 0 aliphatic heterocycles. The Balaban J connectivity index is 2.12. The number of nitrogens with zero attached hydrogens (tertiary/aromatic N) is 2. The van der Waals surface area contributed by atoms with Crippen LogP contribution in [0.5, 0.6) is 0 Å². The molecule has 1 aromatic heterocycles. The van der Waals surface area contributed by atoms with Gasteiger partial charge >= 0.3 is 5.97 Å². The highest BCUT2D eigenvalue weighted by atomic mass is 79.9. The molecule has 1 aromatic carbocycles. The Labute approximate surface area is 136 Å². The highest BCUT2D eigenvalue weighted by Gasteiger charge is 2.41. The molecule has 0 unspecified atom stereocenters. The summed E-state index contributed by atoms with van der Waals surface area (Å²) < 4.78 is 3.21. The lowest BCUT2D eigenvalue weighted by Gasteiger charge is -2.29. The first-order chi connectivity index (χ1) is 9.89. The smallest absolute Gasteiger partial charge is 0.313 e. The number of halogens is 1. The van der Waals surface area contributed by atoms with Crippen LogP contribution < -0.4 is 0 Å². The second kappa shape index (κ2) is 5.32. The van der Waals surface area contributed by atoms with Crippen LogP contribution in [0.2, 0.25) is 0 Å². The Hall–Kier alpha value is -1.01. The van der Waals surface area contributed by atoms with Crippen LogP contribution in [0.4, 0.5) is 0 Å². The fourth-order valence-corrected chi connectivity index (χ4v) is 4.01. The van der Waals surface area contributed by atoms with Crippen molar-refractivity contribution in [3.8, 4) is 0 Å². The van der Waals surface area contributed by atoms with E-state index in [1.54, 1.807) is 0 Å². The molecule has 0 radical (unpaired) electrons. The lowest BCUT2D eigenvalue weighted by atomic mass is 9.98. The van der Waals surface area contributed by atoms with Crippen LogP contribution in [0.25, 0.3) is 11.0 Å². The zero-order valence-electron chi connectivity index (χ0n) is 12.0. The van der Waals surface area contributed by atoms with Crippen molar-refractivity contribution in [2.24, 2.45) is 5.92 Å². The third kappa shape index (κ3) is 2.83. The molecule has 6 heteroatoms. The van der Waals surface area contributed by atoms with Crippen LogP contribution in [0, 0.1) is 5.92 Å². The van der Waals surface area contributed by atoms with E-state index in [0.717, 1.165) is 20.7 Å². The maximum atomic E-state index is 10.9. The van der Waals surface area contributed by atoms with E-state index < -0.39 is 5.97 Å². The van der Waals surface area contributed by atoms with Gasteiger partial charge in [-0.2, -0.15) is 0 Å². The molecule has 1 heterocycles. The summed E-state index contributed by atoms with van der Waals surface area (Å²) in [5.74, 6) is -0.141. The first kappa shape index (κ1) is 14.9. The first-order valence-corrected chi connectivity index (χ1v) is 8.70. The van der Waals surface area contributed by atoms with Crippen LogP contribution in [0.1, 0.15) is 26.7 Å². The Morgan fingerprint density at radius 3 is 2.86 bits per heavy atom. The van der Waals surface area contributed by atoms with Crippen molar-refractivity contribution in [2.75, 3.05) is 5.75 Å². The van der Waals surface area contributed by atoms with Gasteiger partial charge in [0.15, 0.2) is 5.16 Å². The molecule has 0 amide bonds. The molecule has 1 saturated carbocycles. The van der Waals surface area contributed by atoms with Crippen molar-refractivity contribution in [1.82, 2.24) is 9.55 Å². The molecule has 1 aliphatic rings. The number of carboxylic acids is 1. The molecule has 21 heavy (non-hydrogen) atoms. The number of thioether (sulfide) groups is 1. The largest absolute Gasteiger partial charge is 0.481 e. The van der Waals surface area contributed by atoms with Gasteiger partial charge in [0.1, 0.15) is 0 Å². The molecule has 3 rings (SSSR count). The summed E-state index contributed by atoms with van der Waals surface area (Å²) >= 11 is 4.77. The van der Waals surface area contributed by atoms with Crippen molar-refractivity contribution >= 4 is 44.7 Å². The molecule has 0 atom stereocenters. The topological polar surface area (TPSA) is 55.1 Å². The van der Waals surface area contributed by atoms with Crippen molar-refractivity contribution in [3.63, 3.8) is 0 Å². The van der Waals surface area contributed by atoms with Gasteiger partial charge in [0.2, 0.25) is 0 Å². The van der Waals surface area contributed by atoms with Crippen LogP contribution >= 0.6 is 27.7 Å². The number of aromatic nitrogens is 2. The summed E-state index contributed by atoms with van der Waals surface area (Å²) in [6.45, 7) is 4.44. The van der Waals surface area contributed by atoms with Crippen LogP contribution in [-0.4, -0.2) is 26.4 Å². The predicted molar refractivity (Wildman–Crippen MR) is 87.8 cm³/mol. The van der Waals surface area contributed by atoms with Gasteiger partial charge in [-0.3, -0.25) is 4.79 Å². The number of carboxylic acid groups (broad SMARTS) is 1. The minimum Gasteiger partial charge on any atom is -0.481 e. The number of aliphatic carboxylic acids is 1. The summed E-state index contributed by atoms with van der Waals surface area (Å²) in [7, 11) is 0. The lowest BCUT2D eigenvalue weighted by Crippen LogP contribution is -2.29. The highest BCUT2D eigenvalue weighted by molar-refractivity contribution is 9.10. The molecule has 0 bridgehead atoms. The Morgan fingerprint density at radius 2 is 2.24 bits per heavy atom. The number of benzene rings is 1. The lowest BCUT2D eigenvalue weighted by molar-refractivity contribution is -0.133. The van der Waals surface area contributed by atoms with Gasteiger partial charge in [0, 0.05) is 10.0 Å². The average molecular weight is 369 g/mol. The van der Waals surface area contributed by atoms with E-state index in [-0.39, 0.29) is 11.3 Å². The van der Waals surface area contributed by atoms with Crippen LogP contribution in [0.15, 0.2) is 27.8 Å². The molecule has 112 valence electrons. The van der Waals surface area contributed by atoms with Crippen molar-refractivity contribution in [3.05, 3.63) is 22.7 Å².